The second kappa shape index (κ2) is 4.35. The van der Waals surface area contributed by atoms with E-state index in [2.05, 4.69) is 39.2 Å². The van der Waals surface area contributed by atoms with Crippen LogP contribution in [0.3, 0.4) is 0 Å². The lowest BCUT2D eigenvalue weighted by atomic mass is 10.2. The number of hydrogen-bond acceptors (Lipinski definition) is 2. The van der Waals surface area contributed by atoms with Gasteiger partial charge in [-0.05, 0) is 24.6 Å². The van der Waals surface area contributed by atoms with Crippen molar-refractivity contribution >= 4 is 14.6 Å². The van der Waals surface area contributed by atoms with Crippen molar-refractivity contribution in [1.82, 2.24) is 0 Å². The van der Waals surface area contributed by atoms with Crippen molar-refractivity contribution in [2.75, 3.05) is 6.54 Å². The largest absolute Gasteiger partial charge is 0.651 e. The van der Waals surface area contributed by atoms with Crippen LogP contribution in [0, 0.1) is 0 Å². The Hall–Kier alpha value is -0.193. The van der Waals surface area contributed by atoms with E-state index in [0.717, 1.165) is 12.7 Å². The van der Waals surface area contributed by atoms with E-state index in [1.807, 2.05) is 0 Å². The Labute approximate surface area is 93.7 Å². The van der Waals surface area contributed by atoms with E-state index < -0.39 is 8.32 Å². The molecule has 1 saturated heterocycles. The SMILES string of the molecule is CC(C)(C)[Si](C)(C)O[C@H]1C[N-][C@H](C=O)C1. The predicted molar refractivity (Wildman–Crippen MR) is 64.8 cm³/mol. The van der Waals surface area contributed by atoms with Crippen LogP contribution >= 0.6 is 0 Å². The second-order valence-electron chi connectivity index (χ2n) is 5.80. The Morgan fingerprint density at radius 2 is 2.00 bits per heavy atom. The van der Waals surface area contributed by atoms with E-state index in [1.54, 1.807) is 0 Å². The van der Waals surface area contributed by atoms with E-state index >= 15 is 0 Å². The monoisotopic (exact) mass is 228 g/mol. The lowest BCUT2D eigenvalue weighted by molar-refractivity contribution is -0.108. The molecule has 88 valence electrons. The van der Waals surface area contributed by atoms with Crippen molar-refractivity contribution in [3.8, 4) is 0 Å². The minimum absolute atomic E-state index is 0.125. The highest BCUT2D eigenvalue weighted by molar-refractivity contribution is 6.74. The lowest BCUT2D eigenvalue weighted by Crippen LogP contribution is -2.44. The van der Waals surface area contributed by atoms with E-state index in [9.17, 15) is 4.79 Å². The van der Waals surface area contributed by atoms with Crippen molar-refractivity contribution in [3.05, 3.63) is 5.32 Å². The first-order valence-corrected chi connectivity index (χ1v) is 8.47. The van der Waals surface area contributed by atoms with Gasteiger partial charge in [0.25, 0.3) is 0 Å². The fraction of sp³-hybridized carbons (Fsp3) is 0.909. The van der Waals surface area contributed by atoms with E-state index in [1.165, 1.54) is 0 Å². The van der Waals surface area contributed by atoms with Crippen molar-refractivity contribution in [1.29, 1.82) is 0 Å². The second-order valence-corrected chi connectivity index (χ2v) is 10.6. The lowest BCUT2D eigenvalue weighted by Gasteiger charge is -2.39. The van der Waals surface area contributed by atoms with Crippen LogP contribution in [0.4, 0.5) is 0 Å². The fourth-order valence-corrected chi connectivity index (χ4v) is 2.81. The molecule has 3 nitrogen and oxygen atoms in total. The number of carbonyl (C=O) groups is 1. The van der Waals surface area contributed by atoms with Gasteiger partial charge in [0.2, 0.25) is 0 Å². The standard InChI is InChI=1S/C11H22NO2Si/c1-11(2,3)15(4,5)14-10-6-9(8-13)12-7-10/h8-10H,6-7H2,1-5H3/q-1/t9-,10+/m0/s1. The van der Waals surface area contributed by atoms with Gasteiger partial charge in [0.15, 0.2) is 8.32 Å². The van der Waals surface area contributed by atoms with Gasteiger partial charge >= 0.3 is 0 Å². The summed E-state index contributed by atoms with van der Waals surface area (Å²) in [4.78, 5) is 10.6. The normalized spacial score (nSPS) is 28.1. The molecule has 0 N–H and O–H groups in total. The molecule has 2 atom stereocenters. The zero-order valence-corrected chi connectivity index (χ0v) is 11.4. The van der Waals surface area contributed by atoms with Crippen LogP contribution in [0.2, 0.25) is 18.1 Å². The Bertz CT molecular complexity index is 235. The quantitative estimate of drug-likeness (QED) is 0.550. The maximum Gasteiger partial charge on any atom is 0.192 e. The summed E-state index contributed by atoms with van der Waals surface area (Å²) in [5.41, 5.74) is 0. The minimum atomic E-state index is -1.69. The summed E-state index contributed by atoms with van der Waals surface area (Å²) in [6, 6.07) is -0.125. The van der Waals surface area contributed by atoms with Gasteiger partial charge in [0, 0.05) is 6.10 Å². The molecule has 0 unspecified atom stereocenters. The minimum Gasteiger partial charge on any atom is -0.651 e. The molecule has 1 aliphatic heterocycles. The molecule has 4 heteroatoms. The van der Waals surface area contributed by atoms with Gasteiger partial charge in [-0.1, -0.05) is 26.8 Å². The zero-order valence-electron chi connectivity index (χ0n) is 10.4. The van der Waals surface area contributed by atoms with Gasteiger partial charge in [-0.2, -0.15) is 0 Å². The van der Waals surface area contributed by atoms with E-state index in [0.29, 0.717) is 6.54 Å². The Kier molecular flexibility index (Phi) is 3.74. The van der Waals surface area contributed by atoms with Crippen LogP contribution in [-0.2, 0) is 9.22 Å². The fourth-order valence-electron chi connectivity index (χ4n) is 1.45. The molecule has 0 aromatic heterocycles. The van der Waals surface area contributed by atoms with Crippen molar-refractivity contribution in [2.45, 2.75) is 57.5 Å². The van der Waals surface area contributed by atoms with Crippen LogP contribution in [0.5, 0.6) is 0 Å². The van der Waals surface area contributed by atoms with Gasteiger partial charge in [0.1, 0.15) is 6.29 Å². The van der Waals surface area contributed by atoms with Crippen LogP contribution in [0.1, 0.15) is 27.2 Å². The van der Waals surface area contributed by atoms with Crippen LogP contribution in [-0.4, -0.2) is 33.3 Å². The predicted octanol–water partition coefficient (Wildman–Crippen LogP) is 2.72. The van der Waals surface area contributed by atoms with Gasteiger partial charge in [-0.25, -0.2) is 0 Å². The smallest absolute Gasteiger partial charge is 0.192 e. The number of aldehydes is 1. The van der Waals surface area contributed by atoms with Gasteiger partial charge in [-0.15, -0.1) is 6.54 Å². The molecule has 0 aliphatic carbocycles. The van der Waals surface area contributed by atoms with Crippen molar-refractivity contribution in [3.63, 3.8) is 0 Å². The van der Waals surface area contributed by atoms with Crippen molar-refractivity contribution < 1.29 is 9.22 Å². The third-order valence-corrected chi connectivity index (χ3v) is 8.01. The molecule has 0 aromatic carbocycles. The van der Waals surface area contributed by atoms with E-state index in [-0.39, 0.29) is 17.2 Å². The summed E-state index contributed by atoms with van der Waals surface area (Å²) in [5, 5.41) is 4.46. The molecule has 0 bridgehead atoms. The summed E-state index contributed by atoms with van der Waals surface area (Å²) in [5.74, 6) is 0. The average Bonchev–Trinajstić information content (AvgIpc) is 2.49. The molecule has 1 heterocycles. The van der Waals surface area contributed by atoms with Gasteiger partial charge < -0.3 is 14.5 Å². The molecule has 0 saturated carbocycles. The highest BCUT2D eigenvalue weighted by Crippen LogP contribution is 2.38. The van der Waals surface area contributed by atoms with Gasteiger partial charge in [0.05, 0.1) is 0 Å². The molecule has 1 rings (SSSR count). The molecule has 1 aliphatic rings. The van der Waals surface area contributed by atoms with Gasteiger partial charge in [-0.3, -0.25) is 0 Å². The first-order chi connectivity index (χ1) is 6.76. The van der Waals surface area contributed by atoms with Crippen LogP contribution < -0.4 is 0 Å². The Morgan fingerprint density at radius 1 is 1.40 bits per heavy atom. The summed E-state index contributed by atoms with van der Waals surface area (Å²) in [6.45, 7) is 11.8. The Morgan fingerprint density at radius 3 is 2.40 bits per heavy atom. The van der Waals surface area contributed by atoms with Crippen molar-refractivity contribution in [2.24, 2.45) is 0 Å². The summed E-state index contributed by atoms with van der Waals surface area (Å²) in [7, 11) is -1.69. The number of carbonyl (C=O) groups excluding carboxylic acids is 1. The van der Waals surface area contributed by atoms with Crippen LogP contribution in [0.15, 0.2) is 0 Å². The third kappa shape index (κ3) is 3.13. The molecule has 0 aromatic rings. The summed E-state index contributed by atoms with van der Waals surface area (Å²) >= 11 is 0. The van der Waals surface area contributed by atoms with E-state index in [4.69, 9.17) is 4.43 Å². The topological polar surface area (TPSA) is 40.4 Å². The maximum atomic E-state index is 10.6. The molecule has 0 spiro atoms. The maximum absolute atomic E-state index is 10.6. The zero-order chi connectivity index (χ0) is 11.7. The number of nitrogens with zero attached hydrogens (tertiary/aromatic N) is 1. The molecule has 0 amide bonds. The molecular weight excluding hydrogens is 206 g/mol. The third-order valence-electron chi connectivity index (χ3n) is 3.47. The van der Waals surface area contributed by atoms with Crippen LogP contribution in [0.25, 0.3) is 5.32 Å². The first kappa shape index (κ1) is 12.9. The highest BCUT2D eigenvalue weighted by atomic mass is 28.4. The molecule has 0 radical (unpaired) electrons. The molecular formula is C11H22NO2Si-. The molecule has 1 fully saturated rings. The highest BCUT2D eigenvalue weighted by Gasteiger charge is 2.39. The molecule has 15 heavy (non-hydrogen) atoms. The summed E-state index contributed by atoms with van der Waals surface area (Å²) < 4.78 is 6.18. The average molecular weight is 228 g/mol. The summed E-state index contributed by atoms with van der Waals surface area (Å²) in [6.07, 6.45) is 1.87. The Balaban J connectivity index is 2.52. The number of hydrogen-bond donors (Lipinski definition) is 0. The first-order valence-electron chi connectivity index (χ1n) is 5.56. The number of rotatable bonds is 3.